The molecule has 0 aliphatic heterocycles. The van der Waals surface area contributed by atoms with Crippen LogP contribution in [-0.4, -0.2) is 14.9 Å². The first-order chi connectivity index (χ1) is 14.0. The Bertz CT molecular complexity index is 1270. The number of benzene rings is 3. The molecule has 0 atom stereocenters. The highest BCUT2D eigenvalue weighted by molar-refractivity contribution is 9.10. The number of ketones is 1. The van der Waals surface area contributed by atoms with E-state index in [0.717, 1.165) is 26.6 Å². The molecule has 144 valence electrons. The van der Waals surface area contributed by atoms with Crippen molar-refractivity contribution in [2.45, 2.75) is 6.54 Å². The third-order valence-electron chi connectivity index (χ3n) is 4.97. The Labute approximate surface area is 177 Å². The summed E-state index contributed by atoms with van der Waals surface area (Å²) >= 11 is 3.39. The van der Waals surface area contributed by atoms with Gasteiger partial charge in [0.25, 0.3) is 0 Å². The minimum atomic E-state index is -0.0197. The van der Waals surface area contributed by atoms with Crippen LogP contribution in [0.5, 0.6) is 0 Å². The maximum absolute atomic E-state index is 12.8. The van der Waals surface area contributed by atoms with E-state index < -0.39 is 0 Å². The van der Waals surface area contributed by atoms with Gasteiger partial charge in [0, 0.05) is 22.6 Å². The summed E-state index contributed by atoms with van der Waals surface area (Å²) in [5.41, 5.74) is 4.87. The molecule has 1 aromatic heterocycles. The van der Waals surface area contributed by atoms with Gasteiger partial charge in [0.15, 0.2) is 5.78 Å². The minimum Gasteiger partial charge on any atom is -0.313 e. The zero-order valence-corrected chi connectivity index (χ0v) is 17.6. The highest BCUT2D eigenvalue weighted by atomic mass is 79.9. The fourth-order valence-electron chi connectivity index (χ4n) is 3.45. The molecule has 1 heterocycles. The van der Waals surface area contributed by atoms with Crippen molar-refractivity contribution >= 4 is 44.9 Å². The molecule has 1 N–H and O–H groups in total. The Hall–Kier alpha value is -3.18. The smallest absolute Gasteiger partial charge is 0.203 e. The molecule has 4 rings (SSSR count). The maximum Gasteiger partial charge on any atom is 0.203 e. The number of carbonyl (C=O) groups excluding carboxylic acids is 1. The first-order valence-corrected chi connectivity index (χ1v) is 10.1. The van der Waals surface area contributed by atoms with Crippen molar-refractivity contribution in [3.8, 4) is 0 Å². The standard InChI is InChI=1S/C24H20BrN3O/c1-27-23-19(11-10-17-6-3-2-4-7-17)8-5-9-21(23)28(24(27)26)16-22(29)18-12-14-20(25)15-13-18/h2-15,26H,16H2,1H3. The second-order valence-electron chi connectivity index (χ2n) is 6.86. The van der Waals surface area contributed by atoms with E-state index in [1.807, 2.05) is 60.1 Å². The summed E-state index contributed by atoms with van der Waals surface area (Å²) in [4.78, 5) is 12.8. The van der Waals surface area contributed by atoms with E-state index in [0.29, 0.717) is 11.2 Å². The summed E-state index contributed by atoms with van der Waals surface area (Å²) in [7, 11) is 1.87. The number of Topliss-reactive ketones (excluding diaryl/α,β-unsaturated/α-hetero) is 1. The largest absolute Gasteiger partial charge is 0.313 e. The zero-order valence-electron chi connectivity index (χ0n) is 16.0. The number of nitrogens with one attached hydrogen (secondary N) is 1. The molecule has 29 heavy (non-hydrogen) atoms. The molecule has 0 saturated heterocycles. The van der Waals surface area contributed by atoms with E-state index >= 15 is 0 Å². The zero-order chi connectivity index (χ0) is 20.4. The molecule has 0 spiro atoms. The number of rotatable bonds is 5. The third kappa shape index (κ3) is 3.87. The van der Waals surface area contributed by atoms with Crippen molar-refractivity contribution < 1.29 is 4.79 Å². The number of halogens is 1. The van der Waals surface area contributed by atoms with Gasteiger partial charge in [0.1, 0.15) is 0 Å². The lowest BCUT2D eigenvalue weighted by atomic mass is 10.1. The fraction of sp³-hybridized carbons (Fsp3) is 0.0833. The number of imidazole rings is 1. The Morgan fingerprint density at radius 2 is 1.69 bits per heavy atom. The average molecular weight is 446 g/mol. The fourth-order valence-corrected chi connectivity index (χ4v) is 3.71. The number of hydrogen-bond acceptors (Lipinski definition) is 2. The van der Waals surface area contributed by atoms with Gasteiger partial charge in [0.2, 0.25) is 5.62 Å². The molecule has 0 radical (unpaired) electrons. The molecule has 0 aliphatic carbocycles. The van der Waals surface area contributed by atoms with Crippen molar-refractivity contribution in [3.63, 3.8) is 0 Å². The van der Waals surface area contributed by atoms with Crippen molar-refractivity contribution in [2.24, 2.45) is 7.05 Å². The van der Waals surface area contributed by atoms with E-state index in [-0.39, 0.29) is 12.3 Å². The maximum atomic E-state index is 12.8. The lowest BCUT2D eigenvalue weighted by Gasteiger charge is -2.05. The van der Waals surface area contributed by atoms with E-state index in [1.54, 1.807) is 16.7 Å². The van der Waals surface area contributed by atoms with Gasteiger partial charge in [0.05, 0.1) is 17.6 Å². The summed E-state index contributed by atoms with van der Waals surface area (Å²) in [5, 5.41) is 8.55. The van der Waals surface area contributed by atoms with Crippen LogP contribution in [-0.2, 0) is 13.6 Å². The molecule has 4 nitrogen and oxygen atoms in total. The Morgan fingerprint density at radius 3 is 2.41 bits per heavy atom. The lowest BCUT2D eigenvalue weighted by molar-refractivity contribution is 0.0971. The second kappa shape index (κ2) is 8.05. The van der Waals surface area contributed by atoms with Crippen LogP contribution in [0.4, 0.5) is 0 Å². The second-order valence-corrected chi connectivity index (χ2v) is 7.77. The Balaban J connectivity index is 1.74. The van der Waals surface area contributed by atoms with Gasteiger partial charge in [-0.3, -0.25) is 10.2 Å². The SMILES string of the molecule is Cn1c(=N)n(CC(=O)c2ccc(Br)cc2)c2cccc(C=Cc3ccccc3)c21. The number of hydrogen-bond donors (Lipinski definition) is 1. The van der Waals surface area contributed by atoms with E-state index in [4.69, 9.17) is 5.41 Å². The molecule has 4 aromatic rings. The quantitative estimate of drug-likeness (QED) is 0.329. The minimum absolute atomic E-state index is 0.0197. The average Bonchev–Trinajstić information content (AvgIpc) is 2.99. The highest BCUT2D eigenvalue weighted by Gasteiger charge is 2.14. The summed E-state index contributed by atoms with van der Waals surface area (Å²) in [6.07, 6.45) is 4.11. The predicted octanol–water partition coefficient (Wildman–Crippen LogP) is 5.28. The van der Waals surface area contributed by atoms with Crippen molar-refractivity contribution in [1.29, 1.82) is 5.41 Å². The van der Waals surface area contributed by atoms with Gasteiger partial charge in [-0.2, -0.15) is 0 Å². The molecule has 0 saturated carbocycles. The van der Waals surface area contributed by atoms with E-state index in [1.165, 1.54) is 0 Å². The van der Waals surface area contributed by atoms with E-state index in [9.17, 15) is 4.79 Å². The van der Waals surface area contributed by atoms with Crippen LogP contribution in [0.25, 0.3) is 23.2 Å². The molecule has 0 fully saturated rings. The number of aryl methyl sites for hydroxylation is 1. The van der Waals surface area contributed by atoms with Crippen molar-refractivity contribution in [3.05, 3.63) is 99.6 Å². The van der Waals surface area contributed by atoms with Gasteiger partial charge in [-0.05, 0) is 23.8 Å². The van der Waals surface area contributed by atoms with Crippen LogP contribution in [0.2, 0.25) is 0 Å². The molecular formula is C24H20BrN3O. The van der Waals surface area contributed by atoms with Crippen LogP contribution in [0.1, 0.15) is 21.5 Å². The Kier molecular flexibility index (Phi) is 5.32. The molecule has 0 bridgehead atoms. The molecule has 0 unspecified atom stereocenters. The van der Waals surface area contributed by atoms with Gasteiger partial charge in [-0.15, -0.1) is 0 Å². The normalized spacial score (nSPS) is 11.4. The number of nitrogens with zero attached hydrogens (tertiary/aromatic N) is 2. The summed E-state index contributed by atoms with van der Waals surface area (Å²) < 4.78 is 4.52. The molecule has 5 heteroatoms. The van der Waals surface area contributed by atoms with Crippen LogP contribution in [0.3, 0.4) is 0 Å². The summed E-state index contributed by atoms with van der Waals surface area (Å²) in [5.74, 6) is -0.0197. The van der Waals surface area contributed by atoms with Crippen molar-refractivity contribution in [2.75, 3.05) is 0 Å². The number of fused-ring (bicyclic) bond motifs is 1. The predicted molar refractivity (Wildman–Crippen MR) is 121 cm³/mol. The summed E-state index contributed by atoms with van der Waals surface area (Å²) in [6, 6.07) is 23.4. The Morgan fingerprint density at radius 1 is 0.966 bits per heavy atom. The first-order valence-electron chi connectivity index (χ1n) is 9.29. The lowest BCUT2D eigenvalue weighted by Crippen LogP contribution is -2.25. The monoisotopic (exact) mass is 445 g/mol. The van der Waals surface area contributed by atoms with Gasteiger partial charge in [-0.25, -0.2) is 0 Å². The van der Waals surface area contributed by atoms with Gasteiger partial charge >= 0.3 is 0 Å². The number of para-hydroxylation sites is 1. The number of aromatic nitrogens is 2. The van der Waals surface area contributed by atoms with Crippen LogP contribution in [0, 0.1) is 5.41 Å². The van der Waals surface area contributed by atoms with Gasteiger partial charge in [-0.1, -0.05) is 82.7 Å². The summed E-state index contributed by atoms with van der Waals surface area (Å²) in [6.45, 7) is 0.129. The van der Waals surface area contributed by atoms with Crippen LogP contribution >= 0.6 is 15.9 Å². The van der Waals surface area contributed by atoms with Gasteiger partial charge < -0.3 is 9.13 Å². The molecule has 0 aliphatic rings. The first kappa shape index (κ1) is 19.2. The highest BCUT2D eigenvalue weighted by Crippen LogP contribution is 2.21. The van der Waals surface area contributed by atoms with Crippen LogP contribution < -0.4 is 5.62 Å². The molecule has 0 amide bonds. The molecule has 3 aromatic carbocycles. The van der Waals surface area contributed by atoms with E-state index in [2.05, 4.69) is 40.2 Å². The van der Waals surface area contributed by atoms with Crippen LogP contribution in [0.15, 0.2) is 77.3 Å². The topological polar surface area (TPSA) is 50.8 Å². The third-order valence-corrected chi connectivity index (χ3v) is 5.50. The van der Waals surface area contributed by atoms with Crippen molar-refractivity contribution in [1.82, 2.24) is 9.13 Å². The molecular weight excluding hydrogens is 426 g/mol. The number of carbonyl (C=O) groups is 1.